The molecular weight excluding hydrogens is 316 g/mol. The molecule has 1 fully saturated rings. The third-order valence-electron chi connectivity index (χ3n) is 4.73. The van der Waals surface area contributed by atoms with Crippen LogP contribution in [0.25, 0.3) is 11.5 Å². The molecule has 0 aliphatic heterocycles. The summed E-state index contributed by atoms with van der Waals surface area (Å²) in [4.78, 5) is 4.65. The Morgan fingerprint density at radius 3 is 2.68 bits per heavy atom. The number of aryl methyl sites for hydroxylation is 2. The minimum atomic E-state index is -0.521. The number of nitrogens with zero attached hydrogens (tertiary/aromatic N) is 1. The van der Waals surface area contributed by atoms with Gasteiger partial charge in [0.2, 0.25) is 5.89 Å². The maximum atomic E-state index is 6.21. The van der Waals surface area contributed by atoms with E-state index in [2.05, 4.69) is 24.0 Å². The second-order valence-corrected chi connectivity index (χ2v) is 6.79. The van der Waals surface area contributed by atoms with Crippen LogP contribution >= 0.6 is 0 Å². The molecule has 5 nitrogen and oxygen atoms in total. The van der Waals surface area contributed by atoms with Crippen LogP contribution in [0.3, 0.4) is 0 Å². The smallest absolute Gasteiger partial charge is 0.226 e. The third kappa shape index (κ3) is 4.48. The van der Waals surface area contributed by atoms with Crippen molar-refractivity contribution in [3.63, 3.8) is 0 Å². The summed E-state index contributed by atoms with van der Waals surface area (Å²) >= 11 is 0. The van der Waals surface area contributed by atoms with Crippen molar-refractivity contribution in [1.82, 2.24) is 4.98 Å². The van der Waals surface area contributed by atoms with Crippen LogP contribution in [0.5, 0.6) is 0 Å². The molecule has 0 amide bonds. The SMILES string of the molecule is Cc1cccc(-c2nc(COC3(OCCN)CCCCC3)c(C)o2)c1. The summed E-state index contributed by atoms with van der Waals surface area (Å²) in [5.74, 6) is 0.911. The van der Waals surface area contributed by atoms with Crippen LogP contribution < -0.4 is 5.73 Å². The summed E-state index contributed by atoms with van der Waals surface area (Å²) in [5.41, 5.74) is 8.61. The minimum absolute atomic E-state index is 0.395. The van der Waals surface area contributed by atoms with E-state index in [0.717, 1.165) is 42.7 Å². The van der Waals surface area contributed by atoms with E-state index in [1.807, 2.05) is 19.1 Å². The first kappa shape index (κ1) is 18.1. The molecule has 136 valence electrons. The summed E-state index contributed by atoms with van der Waals surface area (Å²) in [5, 5.41) is 0. The van der Waals surface area contributed by atoms with Gasteiger partial charge in [-0.3, -0.25) is 0 Å². The molecule has 1 aromatic heterocycles. The van der Waals surface area contributed by atoms with Crippen LogP contribution in [0, 0.1) is 13.8 Å². The standard InChI is InChI=1S/C20H28N2O3/c1-15-7-6-8-17(13-15)19-22-18(16(2)25-19)14-24-20(23-12-11-21)9-4-3-5-10-20/h6-8,13H,3-5,9-12,14,21H2,1-2H3. The lowest BCUT2D eigenvalue weighted by Crippen LogP contribution is -2.39. The van der Waals surface area contributed by atoms with Crippen LogP contribution in [-0.4, -0.2) is 23.9 Å². The summed E-state index contributed by atoms with van der Waals surface area (Å²) in [6.45, 7) is 5.41. The zero-order valence-corrected chi connectivity index (χ0v) is 15.2. The Morgan fingerprint density at radius 2 is 1.96 bits per heavy atom. The highest BCUT2D eigenvalue weighted by Crippen LogP contribution is 2.34. The second kappa shape index (κ2) is 8.13. The summed E-state index contributed by atoms with van der Waals surface area (Å²) < 4.78 is 18.1. The first-order valence-corrected chi connectivity index (χ1v) is 9.13. The lowest BCUT2D eigenvalue weighted by molar-refractivity contribution is -0.257. The number of hydrogen-bond donors (Lipinski definition) is 1. The highest BCUT2D eigenvalue weighted by Gasteiger charge is 2.34. The first-order valence-electron chi connectivity index (χ1n) is 9.13. The van der Waals surface area contributed by atoms with E-state index in [0.29, 0.717) is 25.6 Å². The Kier molecular flexibility index (Phi) is 5.89. The topological polar surface area (TPSA) is 70.5 Å². The van der Waals surface area contributed by atoms with E-state index >= 15 is 0 Å². The van der Waals surface area contributed by atoms with Crippen LogP contribution in [0.4, 0.5) is 0 Å². The van der Waals surface area contributed by atoms with Gasteiger partial charge in [-0.1, -0.05) is 24.1 Å². The molecule has 0 saturated heterocycles. The lowest BCUT2D eigenvalue weighted by Gasteiger charge is -2.36. The predicted molar refractivity (Wildman–Crippen MR) is 97.0 cm³/mol. The lowest BCUT2D eigenvalue weighted by atomic mass is 9.94. The fourth-order valence-corrected chi connectivity index (χ4v) is 3.33. The van der Waals surface area contributed by atoms with E-state index < -0.39 is 5.79 Å². The average molecular weight is 344 g/mol. The van der Waals surface area contributed by atoms with Crippen LogP contribution in [0.15, 0.2) is 28.7 Å². The molecule has 0 unspecified atom stereocenters. The van der Waals surface area contributed by atoms with Crippen molar-refractivity contribution >= 4 is 0 Å². The van der Waals surface area contributed by atoms with Crippen molar-refractivity contribution in [2.24, 2.45) is 5.73 Å². The van der Waals surface area contributed by atoms with Gasteiger partial charge in [-0.25, -0.2) is 4.98 Å². The molecule has 1 aromatic carbocycles. The number of ether oxygens (including phenoxy) is 2. The molecule has 1 aliphatic carbocycles. The molecule has 25 heavy (non-hydrogen) atoms. The maximum absolute atomic E-state index is 6.21. The molecule has 1 heterocycles. The zero-order chi connectivity index (χ0) is 17.7. The quantitative estimate of drug-likeness (QED) is 0.765. The Bertz CT molecular complexity index is 690. The van der Waals surface area contributed by atoms with E-state index in [-0.39, 0.29) is 0 Å². The van der Waals surface area contributed by atoms with Crippen molar-refractivity contribution in [3.05, 3.63) is 41.3 Å². The van der Waals surface area contributed by atoms with Gasteiger partial charge in [0.15, 0.2) is 5.79 Å². The molecule has 2 aromatic rings. The third-order valence-corrected chi connectivity index (χ3v) is 4.73. The van der Waals surface area contributed by atoms with E-state index in [4.69, 9.17) is 19.6 Å². The Hall–Kier alpha value is -1.69. The molecule has 3 rings (SSSR count). The molecule has 0 bridgehead atoms. The fourth-order valence-electron chi connectivity index (χ4n) is 3.33. The molecule has 0 atom stereocenters. The van der Waals surface area contributed by atoms with Crippen LogP contribution in [0.1, 0.15) is 49.1 Å². The number of aromatic nitrogens is 1. The number of hydrogen-bond acceptors (Lipinski definition) is 5. The highest BCUT2D eigenvalue weighted by molar-refractivity contribution is 5.54. The Labute approximate surface area is 149 Å². The number of benzene rings is 1. The summed E-state index contributed by atoms with van der Waals surface area (Å²) in [6, 6.07) is 8.15. The second-order valence-electron chi connectivity index (χ2n) is 6.79. The summed E-state index contributed by atoms with van der Waals surface area (Å²) in [6.07, 6.45) is 5.30. The van der Waals surface area contributed by atoms with Crippen molar-refractivity contribution in [2.45, 2.75) is 58.3 Å². The molecule has 5 heteroatoms. The molecule has 1 aliphatic rings. The number of rotatable bonds is 7. The van der Waals surface area contributed by atoms with Gasteiger partial charge in [0.1, 0.15) is 11.5 Å². The van der Waals surface area contributed by atoms with Crippen LogP contribution in [-0.2, 0) is 16.1 Å². The van der Waals surface area contributed by atoms with Crippen molar-refractivity contribution < 1.29 is 13.9 Å². The normalized spacial score (nSPS) is 16.9. The van der Waals surface area contributed by atoms with Crippen LogP contribution in [0.2, 0.25) is 0 Å². The molecule has 1 saturated carbocycles. The molecule has 0 radical (unpaired) electrons. The van der Waals surface area contributed by atoms with E-state index in [9.17, 15) is 0 Å². The van der Waals surface area contributed by atoms with Gasteiger partial charge >= 0.3 is 0 Å². The molecule has 0 spiro atoms. The van der Waals surface area contributed by atoms with E-state index in [1.54, 1.807) is 0 Å². The van der Waals surface area contributed by atoms with Gasteiger partial charge < -0.3 is 19.6 Å². The van der Waals surface area contributed by atoms with Gasteiger partial charge in [-0.2, -0.15) is 0 Å². The van der Waals surface area contributed by atoms with Gasteiger partial charge in [-0.05, 0) is 38.8 Å². The highest BCUT2D eigenvalue weighted by atomic mass is 16.7. The largest absolute Gasteiger partial charge is 0.441 e. The molecule has 2 N–H and O–H groups in total. The zero-order valence-electron chi connectivity index (χ0n) is 15.2. The van der Waals surface area contributed by atoms with Gasteiger partial charge in [-0.15, -0.1) is 0 Å². The monoisotopic (exact) mass is 344 g/mol. The first-order chi connectivity index (χ1) is 12.1. The van der Waals surface area contributed by atoms with Gasteiger partial charge in [0, 0.05) is 24.9 Å². The minimum Gasteiger partial charge on any atom is -0.441 e. The predicted octanol–water partition coefficient (Wildman–Crippen LogP) is 4.11. The van der Waals surface area contributed by atoms with E-state index in [1.165, 1.54) is 12.0 Å². The Balaban J connectivity index is 1.71. The number of nitrogens with two attached hydrogens (primary N) is 1. The van der Waals surface area contributed by atoms with Crippen molar-refractivity contribution in [2.75, 3.05) is 13.2 Å². The average Bonchev–Trinajstić information content (AvgIpc) is 3.00. The fraction of sp³-hybridized carbons (Fsp3) is 0.550. The number of oxazole rings is 1. The maximum Gasteiger partial charge on any atom is 0.226 e. The van der Waals surface area contributed by atoms with Gasteiger partial charge in [0.25, 0.3) is 0 Å². The van der Waals surface area contributed by atoms with Gasteiger partial charge in [0.05, 0.1) is 13.2 Å². The molecular formula is C20H28N2O3. The Morgan fingerprint density at radius 1 is 1.16 bits per heavy atom. The van der Waals surface area contributed by atoms with Crippen molar-refractivity contribution in [3.8, 4) is 11.5 Å². The summed E-state index contributed by atoms with van der Waals surface area (Å²) in [7, 11) is 0. The van der Waals surface area contributed by atoms with Crippen molar-refractivity contribution in [1.29, 1.82) is 0 Å².